The van der Waals surface area contributed by atoms with E-state index in [4.69, 9.17) is 26.8 Å². The van der Waals surface area contributed by atoms with Crippen molar-refractivity contribution in [3.63, 3.8) is 0 Å². The summed E-state index contributed by atoms with van der Waals surface area (Å²) in [5.41, 5.74) is 10.5. The largest absolute Gasteiger partial charge is 0.455 e. The van der Waals surface area contributed by atoms with E-state index < -0.39 is 24.7 Å². The van der Waals surface area contributed by atoms with Crippen LogP contribution in [0.1, 0.15) is 49.0 Å². The number of primary amides is 1. The number of benzene rings is 3. The monoisotopic (exact) mass is 828 g/mol. The number of H-pyrrole nitrogens is 1. The van der Waals surface area contributed by atoms with Gasteiger partial charge >= 0.3 is 10.0 Å². The summed E-state index contributed by atoms with van der Waals surface area (Å²) >= 11 is 6.25. The Morgan fingerprint density at radius 3 is 2.55 bits per heavy atom. The number of hydrogen-bond acceptors (Lipinski definition) is 10. The summed E-state index contributed by atoms with van der Waals surface area (Å²) in [7, 11) is -2.89. The number of nitro benzene ring substituents is 1. The summed E-state index contributed by atoms with van der Waals surface area (Å²) in [6.07, 6.45) is 6.08. The summed E-state index contributed by atoms with van der Waals surface area (Å²) < 4.78 is 41.2. The first-order chi connectivity index (χ1) is 27.7. The fraction of sp³-hybridized carbons (Fsp3) is 0.333. The van der Waals surface area contributed by atoms with Crippen molar-refractivity contribution in [1.29, 1.82) is 0 Å². The van der Waals surface area contributed by atoms with Crippen LogP contribution in [0.5, 0.6) is 11.5 Å². The number of nitrogens with zero attached hydrogens (tertiary/aromatic N) is 4. The molecule has 3 heterocycles. The zero-order chi connectivity index (χ0) is 41.2. The summed E-state index contributed by atoms with van der Waals surface area (Å²) in [5, 5.41) is 16.7. The number of rotatable bonds is 14. The molecule has 0 radical (unpaired) electrons. The molecule has 2 aromatic heterocycles. The van der Waals surface area contributed by atoms with Gasteiger partial charge < -0.3 is 25.5 Å². The normalized spacial score (nSPS) is 17.0. The van der Waals surface area contributed by atoms with Crippen molar-refractivity contribution in [2.24, 2.45) is 11.1 Å². The minimum absolute atomic E-state index is 0.0520. The number of sulfonamides is 1. The number of ether oxygens (including phenoxy) is 2. The van der Waals surface area contributed by atoms with Gasteiger partial charge in [-0.25, -0.2) is 4.98 Å². The van der Waals surface area contributed by atoms with Gasteiger partial charge in [-0.3, -0.25) is 19.8 Å². The molecule has 16 heteroatoms. The molecule has 58 heavy (non-hydrogen) atoms. The van der Waals surface area contributed by atoms with Crippen molar-refractivity contribution in [2.75, 3.05) is 58.3 Å². The zero-order valence-corrected chi connectivity index (χ0v) is 34.2. The number of aromatic amines is 1. The Labute approximate surface area is 342 Å². The van der Waals surface area contributed by atoms with Gasteiger partial charge in [-0.15, -0.1) is 0 Å². The maximum Gasteiger partial charge on any atom is 0.332 e. The highest BCUT2D eigenvalue weighted by atomic mass is 35.5. The van der Waals surface area contributed by atoms with Gasteiger partial charge in [0, 0.05) is 68.1 Å². The van der Waals surface area contributed by atoms with Crippen molar-refractivity contribution < 1.29 is 27.6 Å². The fourth-order valence-corrected chi connectivity index (χ4v) is 10.0. The SMILES string of the molecule is COCCNc1ccc(S(=O)(=O)[N+]2(c3ccc(C(N)=O)c(Oc4cnc5[nH]ccc5c4)c3)CCN(CC3=C(c4ccc(Cl)cc4)CC(C)(C)CC3)CC2)cc1[N+](=O)[O-]. The maximum atomic E-state index is 15.2. The van der Waals surface area contributed by atoms with Crippen molar-refractivity contribution in [2.45, 2.75) is 38.0 Å². The van der Waals surface area contributed by atoms with Crippen LogP contribution in [0.4, 0.5) is 17.1 Å². The molecule has 1 aliphatic carbocycles. The third-order valence-corrected chi connectivity index (χ3v) is 13.8. The van der Waals surface area contributed by atoms with Crippen LogP contribution in [0.15, 0.2) is 95.7 Å². The summed E-state index contributed by atoms with van der Waals surface area (Å²) in [6, 6.07) is 20.0. The molecule has 14 nitrogen and oxygen atoms in total. The first kappa shape index (κ1) is 40.9. The van der Waals surface area contributed by atoms with Crippen LogP contribution >= 0.6 is 11.6 Å². The molecule has 0 spiro atoms. The third kappa shape index (κ3) is 8.31. The molecule has 4 N–H and O–H groups in total. The summed E-state index contributed by atoms with van der Waals surface area (Å²) in [6.45, 7) is 6.78. The lowest BCUT2D eigenvalue weighted by molar-refractivity contribution is -0.384. The number of aromatic nitrogens is 2. The lowest BCUT2D eigenvalue weighted by atomic mass is 9.72. The Bertz CT molecular complexity index is 2500. The molecule has 3 aromatic carbocycles. The number of carbonyl (C=O) groups excluding carboxylic acids is 1. The molecule has 7 rings (SSSR count). The topological polar surface area (TPSA) is 183 Å². The van der Waals surface area contributed by atoms with Gasteiger partial charge in [0.2, 0.25) is 0 Å². The van der Waals surface area contributed by atoms with Crippen LogP contribution in [0.2, 0.25) is 5.02 Å². The molecule has 0 unspecified atom stereocenters. The van der Waals surface area contributed by atoms with Crippen LogP contribution in [0.25, 0.3) is 16.6 Å². The second-order valence-corrected chi connectivity index (χ2v) is 18.2. The van der Waals surface area contributed by atoms with E-state index in [0.717, 1.165) is 36.3 Å². The summed E-state index contributed by atoms with van der Waals surface area (Å²) in [5.74, 6) is -0.384. The first-order valence-corrected chi connectivity index (χ1v) is 20.9. The van der Waals surface area contributed by atoms with E-state index in [9.17, 15) is 14.9 Å². The number of pyridine rings is 1. The molecule has 0 atom stereocenters. The molecule has 2 aliphatic rings. The highest BCUT2D eigenvalue weighted by Gasteiger charge is 2.49. The van der Waals surface area contributed by atoms with E-state index in [-0.39, 0.29) is 52.6 Å². The maximum absolute atomic E-state index is 15.2. The number of nitrogens with two attached hydrogens (primary N) is 1. The van der Waals surface area contributed by atoms with E-state index >= 15 is 8.42 Å². The predicted molar refractivity (Wildman–Crippen MR) is 226 cm³/mol. The average molecular weight is 829 g/mol. The Hall–Kier alpha value is -5.32. The Balaban J connectivity index is 1.28. The number of hydrogen-bond donors (Lipinski definition) is 3. The molecular weight excluding hydrogens is 782 g/mol. The number of fused-ring (bicyclic) bond motifs is 1. The second kappa shape index (κ2) is 16.5. The molecule has 0 bridgehead atoms. The van der Waals surface area contributed by atoms with Crippen LogP contribution in [-0.4, -0.2) is 87.1 Å². The highest BCUT2D eigenvalue weighted by molar-refractivity contribution is 7.91. The molecule has 304 valence electrons. The number of methoxy groups -OCH3 is 1. The quantitative estimate of drug-likeness (QED) is 0.0433. The molecule has 1 aliphatic heterocycles. The van der Waals surface area contributed by atoms with Crippen LogP contribution in [0, 0.1) is 15.5 Å². The first-order valence-electron chi connectivity index (χ1n) is 19.1. The molecule has 1 fully saturated rings. The number of allylic oxidation sites excluding steroid dienone is 1. The number of nitrogens with one attached hydrogen (secondary N) is 2. The number of halogens is 1. The molecule has 1 amide bonds. The number of piperazine rings is 1. The minimum atomic E-state index is -4.41. The van der Waals surface area contributed by atoms with Gasteiger partial charge in [0.1, 0.15) is 40.8 Å². The van der Waals surface area contributed by atoms with Gasteiger partial charge in [-0.1, -0.05) is 43.2 Å². The third-order valence-electron chi connectivity index (χ3n) is 11.2. The van der Waals surface area contributed by atoms with Gasteiger partial charge in [-0.2, -0.15) is 12.3 Å². The predicted octanol–water partition coefficient (Wildman–Crippen LogP) is 7.75. The Kier molecular flexibility index (Phi) is 11.6. The fourth-order valence-electron chi connectivity index (χ4n) is 7.98. The van der Waals surface area contributed by atoms with E-state index in [2.05, 4.69) is 46.2 Å². The van der Waals surface area contributed by atoms with Gasteiger partial charge in [0.05, 0.1) is 23.3 Å². The second-order valence-electron chi connectivity index (χ2n) is 15.6. The van der Waals surface area contributed by atoms with E-state index in [1.165, 1.54) is 48.7 Å². The molecule has 0 saturated carbocycles. The standard InChI is InChI=1S/C42H46ClN7O7S/c1-42(2)14-12-30(36(25-42)28-4-6-31(43)7-5-28)27-48-17-19-50(20-18-48,58(54,55)34-9-11-37(45-16-21-56-3)38(24-34)49(52)53)32-8-10-35(40(44)51)39(23-32)57-33-22-29-13-15-46-41(29)47-26-33/h4-11,13,15,22-24,26,45H,12,14,16-21,25,27H2,1-3H3,(H2-,44,46,47,51)/p+1. The lowest BCUT2D eigenvalue weighted by Gasteiger charge is -2.43. The number of anilines is 1. The van der Waals surface area contributed by atoms with E-state index in [1.54, 1.807) is 18.3 Å². The molecular formula is C42H47ClN7O7S+. The van der Waals surface area contributed by atoms with Gasteiger partial charge in [-0.05, 0) is 78.3 Å². The number of quaternary nitrogens is 1. The Morgan fingerprint density at radius 2 is 1.84 bits per heavy atom. The minimum Gasteiger partial charge on any atom is -0.455 e. The zero-order valence-electron chi connectivity index (χ0n) is 32.7. The smallest absolute Gasteiger partial charge is 0.332 e. The average Bonchev–Trinajstić information content (AvgIpc) is 3.67. The Morgan fingerprint density at radius 1 is 1.09 bits per heavy atom. The van der Waals surface area contributed by atoms with E-state index in [0.29, 0.717) is 48.3 Å². The highest BCUT2D eigenvalue weighted by Crippen LogP contribution is 2.44. The van der Waals surface area contributed by atoms with Crippen molar-refractivity contribution in [3.8, 4) is 11.5 Å². The van der Waals surface area contributed by atoms with Gasteiger partial charge in [0.15, 0.2) is 5.69 Å². The molecule has 5 aromatic rings. The molecule has 1 saturated heterocycles. The summed E-state index contributed by atoms with van der Waals surface area (Å²) in [4.78, 5) is 33.9. The van der Waals surface area contributed by atoms with Crippen molar-refractivity contribution >= 4 is 61.2 Å². The van der Waals surface area contributed by atoms with E-state index in [1.807, 2.05) is 18.2 Å². The van der Waals surface area contributed by atoms with Crippen LogP contribution < -0.4 is 19.7 Å². The van der Waals surface area contributed by atoms with Gasteiger partial charge in [0.25, 0.3) is 11.6 Å². The van der Waals surface area contributed by atoms with Crippen molar-refractivity contribution in [3.05, 3.63) is 117 Å². The van der Waals surface area contributed by atoms with Crippen LogP contribution in [0.3, 0.4) is 0 Å². The number of nitro groups is 1. The lowest BCUT2D eigenvalue weighted by Crippen LogP contribution is -2.63. The van der Waals surface area contributed by atoms with Crippen LogP contribution in [-0.2, 0) is 14.8 Å². The number of amides is 1. The number of carbonyl (C=O) groups is 1. The van der Waals surface area contributed by atoms with Crippen molar-refractivity contribution in [1.82, 2.24) is 18.8 Å².